The molecule has 0 unspecified atom stereocenters. The Bertz CT molecular complexity index is 109. The highest BCUT2D eigenvalue weighted by molar-refractivity contribution is 4.76. The smallest absolute Gasteiger partial charge is 0.00927 e. The third-order valence-electron chi connectivity index (χ3n) is 2.75. The molecule has 0 N–H and O–H groups in total. The molecule has 1 rings (SSSR count). The summed E-state index contributed by atoms with van der Waals surface area (Å²) in [5, 5.41) is 0. The first-order chi connectivity index (χ1) is 5.20. The van der Waals surface area contributed by atoms with Crippen molar-refractivity contribution in [3.63, 3.8) is 0 Å². The summed E-state index contributed by atoms with van der Waals surface area (Å²) in [6.45, 7) is 5.95. The fourth-order valence-corrected chi connectivity index (χ4v) is 1.87. The molecule has 0 aromatic heterocycles. The van der Waals surface area contributed by atoms with Gasteiger partial charge in [-0.2, -0.15) is 0 Å². The van der Waals surface area contributed by atoms with E-state index < -0.39 is 0 Å². The standard InChI is InChI=1S/C10H21N/c1-9(2)6-7-10-5-4-8-11(10)3/h9-10H,4-8H2,1-3H3/t10-/m1/s1. The molecular formula is C10H21N. The van der Waals surface area contributed by atoms with Crippen molar-refractivity contribution >= 4 is 0 Å². The Morgan fingerprint density at radius 2 is 2.18 bits per heavy atom. The van der Waals surface area contributed by atoms with Gasteiger partial charge in [-0.1, -0.05) is 13.8 Å². The minimum absolute atomic E-state index is 0.879. The fraction of sp³-hybridized carbons (Fsp3) is 1.00. The van der Waals surface area contributed by atoms with Gasteiger partial charge in [0.1, 0.15) is 0 Å². The van der Waals surface area contributed by atoms with Crippen LogP contribution in [0.4, 0.5) is 0 Å². The van der Waals surface area contributed by atoms with Crippen molar-refractivity contribution < 1.29 is 0 Å². The lowest BCUT2D eigenvalue weighted by atomic mass is 10.0. The van der Waals surface area contributed by atoms with Crippen molar-refractivity contribution in [2.75, 3.05) is 13.6 Å². The molecule has 1 heterocycles. The molecule has 1 atom stereocenters. The second-order valence-electron chi connectivity index (χ2n) is 4.25. The maximum atomic E-state index is 2.52. The molecule has 0 aromatic carbocycles. The second kappa shape index (κ2) is 4.10. The summed E-state index contributed by atoms with van der Waals surface area (Å²) in [5.41, 5.74) is 0. The SMILES string of the molecule is CC(C)CC[C@H]1CCCN1C. The molecule has 1 aliphatic rings. The molecular weight excluding hydrogens is 134 g/mol. The summed E-state index contributed by atoms with van der Waals surface area (Å²) >= 11 is 0. The molecule has 0 bridgehead atoms. The van der Waals surface area contributed by atoms with E-state index in [0.717, 1.165) is 12.0 Å². The molecule has 0 amide bonds. The van der Waals surface area contributed by atoms with E-state index in [-0.39, 0.29) is 0 Å². The summed E-state index contributed by atoms with van der Waals surface area (Å²) in [6.07, 6.45) is 5.66. The van der Waals surface area contributed by atoms with Gasteiger partial charge in [-0.3, -0.25) is 0 Å². The normalized spacial score (nSPS) is 26.7. The molecule has 0 spiro atoms. The average molecular weight is 155 g/mol. The van der Waals surface area contributed by atoms with Gasteiger partial charge in [-0.15, -0.1) is 0 Å². The zero-order valence-electron chi connectivity index (χ0n) is 8.14. The molecule has 11 heavy (non-hydrogen) atoms. The Balaban J connectivity index is 2.15. The quantitative estimate of drug-likeness (QED) is 0.605. The van der Waals surface area contributed by atoms with Crippen molar-refractivity contribution in [1.82, 2.24) is 4.90 Å². The predicted octanol–water partition coefficient (Wildman–Crippen LogP) is 2.52. The van der Waals surface area contributed by atoms with E-state index in [1.165, 1.54) is 32.2 Å². The van der Waals surface area contributed by atoms with Crippen LogP contribution in [0.15, 0.2) is 0 Å². The zero-order valence-corrected chi connectivity index (χ0v) is 8.14. The monoisotopic (exact) mass is 155 g/mol. The summed E-state index contributed by atoms with van der Waals surface area (Å²) in [6, 6.07) is 0.900. The first kappa shape index (κ1) is 9.05. The highest BCUT2D eigenvalue weighted by Gasteiger charge is 2.19. The fourth-order valence-electron chi connectivity index (χ4n) is 1.87. The third-order valence-corrected chi connectivity index (χ3v) is 2.75. The average Bonchev–Trinajstić information content (AvgIpc) is 2.31. The van der Waals surface area contributed by atoms with Crippen LogP contribution in [0.2, 0.25) is 0 Å². The number of nitrogens with zero attached hydrogens (tertiary/aromatic N) is 1. The second-order valence-corrected chi connectivity index (χ2v) is 4.25. The molecule has 1 nitrogen and oxygen atoms in total. The minimum Gasteiger partial charge on any atom is -0.303 e. The van der Waals surface area contributed by atoms with Crippen LogP contribution >= 0.6 is 0 Å². The Morgan fingerprint density at radius 1 is 1.45 bits per heavy atom. The summed E-state index contributed by atoms with van der Waals surface area (Å²) in [7, 11) is 2.26. The van der Waals surface area contributed by atoms with Gasteiger partial charge >= 0.3 is 0 Å². The van der Waals surface area contributed by atoms with Crippen LogP contribution in [0.3, 0.4) is 0 Å². The van der Waals surface area contributed by atoms with E-state index in [0.29, 0.717) is 0 Å². The number of hydrogen-bond donors (Lipinski definition) is 0. The van der Waals surface area contributed by atoms with Crippen molar-refractivity contribution in [3.8, 4) is 0 Å². The molecule has 1 fully saturated rings. The Hall–Kier alpha value is -0.0400. The van der Waals surface area contributed by atoms with Crippen molar-refractivity contribution in [3.05, 3.63) is 0 Å². The molecule has 0 radical (unpaired) electrons. The number of likely N-dealkylation sites (tertiary alicyclic amines) is 1. The predicted molar refractivity (Wildman–Crippen MR) is 49.7 cm³/mol. The van der Waals surface area contributed by atoms with E-state index in [4.69, 9.17) is 0 Å². The molecule has 0 aliphatic carbocycles. The van der Waals surface area contributed by atoms with Crippen LogP contribution < -0.4 is 0 Å². The molecule has 0 saturated carbocycles. The Labute approximate surface area is 70.8 Å². The van der Waals surface area contributed by atoms with Gasteiger partial charge in [0.25, 0.3) is 0 Å². The van der Waals surface area contributed by atoms with Crippen molar-refractivity contribution in [2.24, 2.45) is 5.92 Å². The molecule has 1 saturated heterocycles. The molecule has 1 heteroatoms. The van der Waals surface area contributed by atoms with Crippen LogP contribution in [0.25, 0.3) is 0 Å². The lowest BCUT2D eigenvalue weighted by molar-refractivity contribution is 0.282. The van der Waals surface area contributed by atoms with E-state index in [1.807, 2.05) is 0 Å². The zero-order chi connectivity index (χ0) is 8.27. The van der Waals surface area contributed by atoms with Crippen LogP contribution in [0, 0.1) is 5.92 Å². The maximum absolute atomic E-state index is 2.52. The van der Waals surface area contributed by atoms with Crippen LogP contribution in [0.1, 0.15) is 39.5 Å². The van der Waals surface area contributed by atoms with E-state index in [9.17, 15) is 0 Å². The highest BCUT2D eigenvalue weighted by atomic mass is 15.1. The van der Waals surface area contributed by atoms with Crippen molar-refractivity contribution in [2.45, 2.75) is 45.6 Å². The summed E-state index contributed by atoms with van der Waals surface area (Å²) < 4.78 is 0. The van der Waals surface area contributed by atoms with E-state index >= 15 is 0 Å². The van der Waals surface area contributed by atoms with Gasteiger partial charge in [0.05, 0.1) is 0 Å². The van der Waals surface area contributed by atoms with E-state index in [1.54, 1.807) is 0 Å². The molecule has 1 aliphatic heterocycles. The lowest BCUT2D eigenvalue weighted by Gasteiger charge is -2.19. The first-order valence-corrected chi connectivity index (χ1v) is 4.90. The van der Waals surface area contributed by atoms with Gasteiger partial charge in [0.2, 0.25) is 0 Å². The van der Waals surface area contributed by atoms with Gasteiger partial charge in [0.15, 0.2) is 0 Å². The van der Waals surface area contributed by atoms with Gasteiger partial charge in [-0.25, -0.2) is 0 Å². The van der Waals surface area contributed by atoms with Gasteiger partial charge in [-0.05, 0) is 45.2 Å². The van der Waals surface area contributed by atoms with E-state index in [2.05, 4.69) is 25.8 Å². The maximum Gasteiger partial charge on any atom is 0.00927 e. The lowest BCUT2D eigenvalue weighted by Crippen LogP contribution is -2.24. The van der Waals surface area contributed by atoms with Gasteiger partial charge < -0.3 is 4.90 Å². The summed E-state index contributed by atoms with van der Waals surface area (Å²) in [4.78, 5) is 2.52. The number of rotatable bonds is 3. The molecule has 0 aromatic rings. The third kappa shape index (κ3) is 2.82. The Morgan fingerprint density at radius 3 is 2.64 bits per heavy atom. The molecule has 66 valence electrons. The topological polar surface area (TPSA) is 3.24 Å². The van der Waals surface area contributed by atoms with Crippen LogP contribution in [0.5, 0.6) is 0 Å². The summed E-state index contributed by atoms with van der Waals surface area (Å²) in [5.74, 6) is 0.879. The first-order valence-electron chi connectivity index (χ1n) is 4.90. The minimum atomic E-state index is 0.879. The van der Waals surface area contributed by atoms with Crippen LogP contribution in [-0.2, 0) is 0 Å². The van der Waals surface area contributed by atoms with Crippen LogP contribution in [-0.4, -0.2) is 24.5 Å². The van der Waals surface area contributed by atoms with Crippen molar-refractivity contribution in [1.29, 1.82) is 0 Å². The highest BCUT2D eigenvalue weighted by Crippen LogP contribution is 2.20. The largest absolute Gasteiger partial charge is 0.303 e. The number of hydrogen-bond acceptors (Lipinski definition) is 1. The Kier molecular flexibility index (Phi) is 3.38. The van der Waals surface area contributed by atoms with Gasteiger partial charge in [0, 0.05) is 6.04 Å².